The van der Waals surface area contributed by atoms with Gasteiger partial charge in [0.25, 0.3) is 0 Å². The minimum atomic E-state index is -0.390. The number of nitrogens with zero attached hydrogens (tertiary/aromatic N) is 3. The number of rotatable bonds is 9. The number of amides is 1. The van der Waals surface area contributed by atoms with Crippen LogP contribution in [0, 0.1) is 5.92 Å². The first-order valence-electron chi connectivity index (χ1n) is 9.05. The molecule has 0 radical (unpaired) electrons. The van der Waals surface area contributed by atoms with Gasteiger partial charge in [0.2, 0.25) is 5.91 Å². The van der Waals surface area contributed by atoms with Gasteiger partial charge in [0.15, 0.2) is 5.78 Å². The fourth-order valence-electron chi connectivity index (χ4n) is 3.06. The molecule has 0 unspecified atom stereocenters. The van der Waals surface area contributed by atoms with Crippen LogP contribution in [0.1, 0.15) is 28.9 Å². The van der Waals surface area contributed by atoms with Gasteiger partial charge in [-0.05, 0) is 24.1 Å². The summed E-state index contributed by atoms with van der Waals surface area (Å²) in [4.78, 5) is 29.5. The number of Topliss-reactive ketones (excluding diaryl/α,β-unsaturated/α-hetero) is 1. The number of aryl methyl sites for hydroxylation is 2. The summed E-state index contributed by atoms with van der Waals surface area (Å²) < 4.78 is 3.71. The van der Waals surface area contributed by atoms with Crippen LogP contribution in [0.5, 0.6) is 0 Å². The predicted octanol–water partition coefficient (Wildman–Crippen LogP) is 2.93. The molecule has 0 aliphatic carbocycles. The maximum absolute atomic E-state index is 12.8. The van der Waals surface area contributed by atoms with Crippen LogP contribution in [0.4, 0.5) is 0 Å². The second-order valence-electron chi connectivity index (χ2n) is 6.62. The van der Waals surface area contributed by atoms with Crippen molar-refractivity contribution < 1.29 is 9.59 Å². The van der Waals surface area contributed by atoms with E-state index in [0.717, 1.165) is 5.56 Å². The molecule has 0 aliphatic heterocycles. The lowest BCUT2D eigenvalue weighted by atomic mass is 9.96. The molecule has 1 aromatic carbocycles. The second kappa shape index (κ2) is 10.5. The van der Waals surface area contributed by atoms with Crippen LogP contribution in [0.15, 0.2) is 67.4 Å². The predicted molar refractivity (Wildman–Crippen MR) is 113 cm³/mol. The molecule has 0 aliphatic rings. The molecule has 3 aromatic rings. The molecule has 1 N–H and O–H groups in total. The van der Waals surface area contributed by atoms with Crippen LogP contribution in [-0.4, -0.2) is 25.8 Å². The highest BCUT2D eigenvalue weighted by Crippen LogP contribution is 2.16. The zero-order valence-corrected chi connectivity index (χ0v) is 16.9. The minimum Gasteiger partial charge on any atom is -0.352 e. The average Bonchev–Trinajstić information content (AvgIpc) is 3.35. The molecule has 0 saturated heterocycles. The number of carbonyl (C=O) groups is 2. The van der Waals surface area contributed by atoms with Crippen LogP contribution in [-0.2, 0) is 24.9 Å². The van der Waals surface area contributed by atoms with Gasteiger partial charge < -0.3 is 14.5 Å². The standard InChI is InChI=1S/C21H24N4O2.H2S/c1-24-11-5-8-19(24)20(26)14-18(9-12-25-13-10-22-16-25)21(27)23-15-17-6-3-2-4-7-17;/h2-8,10-11,13,16,18H,9,12,14-15H2,1H3,(H,23,27);1H2/t18-;/m1./s1. The van der Waals surface area contributed by atoms with Crippen LogP contribution in [0.3, 0.4) is 0 Å². The van der Waals surface area contributed by atoms with Crippen molar-refractivity contribution >= 4 is 25.2 Å². The highest BCUT2D eigenvalue weighted by Gasteiger charge is 2.23. The normalized spacial score (nSPS) is 11.5. The fraction of sp³-hybridized carbons (Fsp3) is 0.286. The summed E-state index contributed by atoms with van der Waals surface area (Å²) in [6, 6.07) is 13.4. The lowest BCUT2D eigenvalue weighted by Gasteiger charge is -2.17. The van der Waals surface area contributed by atoms with E-state index in [1.807, 2.05) is 60.4 Å². The van der Waals surface area contributed by atoms with E-state index in [-0.39, 0.29) is 31.6 Å². The third-order valence-corrected chi connectivity index (χ3v) is 4.64. The van der Waals surface area contributed by atoms with Crippen LogP contribution in [0.2, 0.25) is 0 Å². The molecule has 3 rings (SSSR count). The summed E-state index contributed by atoms with van der Waals surface area (Å²) in [6.45, 7) is 1.10. The number of aromatic nitrogens is 3. The third-order valence-electron chi connectivity index (χ3n) is 4.64. The Balaban J connectivity index is 0.00000280. The Morgan fingerprint density at radius 3 is 2.54 bits per heavy atom. The van der Waals surface area contributed by atoms with Crippen molar-refractivity contribution in [3.63, 3.8) is 0 Å². The maximum Gasteiger partial charge on any atom is 0.223 e. The summed E-state index contributed by atoms with van der Waals surface area (Å²) in [5.41, 5.74) is 1.66. The molecule has 0 fully saturated rings. The number of benzene rings is 1. The maximum atomic E-state index is 12.8. The Labute approximate surface area is 172 Å². The van der Waals surface area contributed by atoms with Crippen molar-refractivity contribution in [2.45, 2.75) is 25.9 Å². The minimum absolute atomic E-state index is 0. The van der Waals surface area contributed by atoms with E-state index >= 15 is 0 Å². The topological polar surface area (TPSA) is 68.9 Å². The van der Waals surface area contributed by atoms with Gasteiger partial charge in [0.1, 0.15) is 0 Å². The van der Waals surface area contributed by atoms with Crippen molar-refractivity contribution in [2.75, 3.05) is 0 Å². The second-order valence-corrected chi connectivity index (χ2v) is 6.62. The molecule has 1 amide bonds. The summed E-state index contributed by atoms with van der Waals surface area (Å²) in [5.74, 6) is -0.506. The van der Waals surface area contributed by atoms with Gasteiger partial charge >= 0.3 is 0 Å². The zero-order valence-electron chi connectivity index (χ0n) is 15.9. The molecule has 148 valence electrons. The number of carbonyl (C=O) groups excluding carboxylic acids is 2. The Hall–Kier alpha value is -2.80. The lowest BCUT2D eigenvalue weighted by molar-refractivity contribution is -0.125. The molecule has 6 nitrogen and oxygen atoms in total. The fourth-order valence-corrected chi connectivity index (χ4v) is 3.06. The lowest BCUT2D eigenvalue weighted by Crippen LogP contribution is -2.32. The Kier molecular flexibility index (Phi) is 8.07. The number of nitrogens with one attached hydrogen (secondary N) is 1. The van der Waals surface area contributed by atoms with Gasteiger partial charge in [-0.15, -0.1) is 0 Å². The summed E-state index contributed by atoms with van der Waals surface area (Å²) in [5, 5.41) is 2.97. The van der Waals surface area contributed by atoms with Crippen molar-refractivity contribution in [1.29, 1.82) is 0 Å². The zero-order chi connectivity index (χ0) is 19.1. The number of hydrogen-bond donors (Lipinski definition) is 1. The summed E-state index contributed by atoms with van der Waals surface area (Å²) in [7, 11) is 1.84. The molecule has 7 heteroatoms. The monoisotopic (exact) mass is 398 g/mol. The molecule has 1 atom stereocenters. The molecule has 2 aromatic heterocycles. The van der Waals surface area contributed by atoms with E-state index in [9.17, 15) is 9.59 Å². The molecule has 0 bridgehead atoms. The third kappa shape index (κ3) is 5.85. The molecule has 2 heterocycles. The molecule has 0 spiro atoms. The van der Waals surface area contributed by atoms with Crippen molar-refractivity contribution in [2.24, 2.45) is 13.0 Å². The molecular formula is C21H26N4O2S. The first kappa shape index (κ1) is 21.5. The van der Waals surface area contributed by atoms with E-state index in [1.54, 1.807) is 23.2 Å². The Morgan fingerprint density at radius 2 is 1.89 bits per heavy atom. The van der Waals surface area contributed by atoms with E-state index in [0.29, 0.717) is 25.2 Å². The van der Waals surface area contributed by atoms with E-state index in [1.165, 1.54) is 0 Å². The quantitative estimate of drug-likeness (QED) is 0.564. The summed E-state index contributed by atoms with van der Waals surface area (Å²) >= 11 is 0. The smallest absolute Gasteiger partial charge is 0.223 e. The number of imidazole rings is 1. The first-order chi connectivity index (χ1) is 13.1. The SMILES string of the molecule is Cn1cccc1C(=O)C[C@@H](CCn1ccnc1)C(=O)NCc1ccccc1.S. The number of ketones is 1. The van der Waals surface area contributed by atoms with Crippen LogP contribution in [0.25, 0.3) is 0 Å². The largest absolute Gasteiger partial charge is 0.352 e. The molecule has 28 heavy (non-hydrogen) atoms. The van der Waals surface area contributed by atoms with Gasteiger partial charge in [-0.3, -0.25) is 9.59 Å². The van der Waals surface area contributed by atoms with Gasteiger partial charge in [-0.25, -0.2) is 4.98 Å². The van der Waals surface area contributed by atoms with E-state index < -0.39 is 5.92 Å². The van der Waals surface area contributed by atoms with Gasteiger partial charge in [-0.1, -0.05) is 30.3 Å². The molecule has 0 saturated carbocycles. The van der Waals surface area contributed by atoms with E-state index in [4.69, 9.17) is 0 Å². The highest BCUT2D eigenvalue weighted by atomic mass is 32.1. The van der Waals surface area contributed by atoms with Crippen molar-refractivity contribution in [3.05, 3.63) is 78.6 Å². The van der Waals surface area contributed by atoms with Crippen molar-refractivity contribution in [3.8, 4) is 0 Å². The highest BCUT2D eigenvalue weighted by molar-refractivity contribution is 7.59. The molecular weight excluding hydrogens is 372 g/mol. The Morgan fingerprint density at radius 1 is 1.11 bits per heavy atom. The average molecular weight is 399 g/mol. The van der Waals surface area contributed by atoms with Gasteiger partial charge in [-0.2, -0.15) is 13.5 Å². The van der Waals surface area contributed by atoms with E-state index in [2.05, 4.69) is 10.3 Å². The van der Waals surface area contributed by atoms with Crippen LogP contribution < -0.4 is 5.32 Å². The number of hydrogen-bond acceptors (Lipinski definition) is 3. The van der Waals surface area contributed by atoms with Gasteiger partial charge in [0, 0.05) is 51.1 Å². The first-order valence-corrected chi connectivity index (χ1v) is 9.05. The Bertz CT molecular complexity index is 875. The van der Waals surface area contributed by atoms with Crippen molar-refractivity contribution in [1.82, 2.24) is 19.4 Å². The summed E-state index contributed by atoms with van der Waals surface area (Å²) in [6.07, 6.45) is 7.89. The van der Waals surface area contributed by atoms with Gasteiger partial charge in [0.05, 0.1) is 12.0 Å². The van der Waals surface area contributed by atoms with Crippen LogP contribution >= 0.6 is 13.5 Å².